The standard InChI is InChI=1S/C15H19N3O4/c1-21-16-14(19)13-8-7-12-9-17(13)15(20)18(12)22-10-11-5-3-2-4-6-11/h2-6,12-13H,7-10H2,1H3,(H,16,19)/t12?,13-/m0/s1. The Labute approximate surface area is 128 Å². The van der Waals surface area contributed by atoms with Gasteiger partial charge < -0.3 is 4.90 Å². The molecule has 3 rings (SSSR count). The number of rotatable bonds is 5. The minimum absolute atomic E-state index is 0.00260. The van der Waals surface area contributed by atoms with Gasteiger partial charge in [0.25, 0.3) is 5.91 Å². The minimum Gasteiger partial charge on any atom is -0.309 e. The Morgan fingerprint density at radius 1 is 1.32 bits per heavy atom. The number of piperidine rings is 1. The van der Waals surface area contributed by atoms with E-state index in [1.165, 1.54) is 12.2 Å². The lowest BCUT2D eigenvalue weighted by molar-refractivity contribution is -0.140. The summed E-state index contributed by atoms with van der Waals surface area (Å²) in [5.41, 5.74) is 3.30. The molecule has 2 saturated heterocycles. The second-order valence-corrected chi connectivity index (χ2v) is 5.44. The van der Waals surface area contributed by atoms with Gasteiger partial charge in [-0.15, -0.1) is 0 Å². The maximum atomic E-state index is 12.4. The molecule has 1 aromatic rings. The van der Waals surface area contributed by atoms with Gasteiger partial charge in [0.1, 0.15) is 12.6 Å². The molecule has 2 aliphatic rings. The molecule has 118 valence electrons. The van der Waals surface area contributed by atoms with E-state index in [4.69, 9.17) is 4.84 Å². The highest BCUT2D eigenvalue weighted by Crippen LogP contribution is 2.30. The second kappa shape index (κ2) is 6.33. The molecule has 1 aromatic carbocycles. The Balaban J connectivity index is 1.64. The zero-order chi connectivity index (χ0) is 15.5. The van der Waals surface area contributed by atoms with Crippen molar-refractivity contribution in [1.82, 2.24) is 15.4 Å². The van der Waals surface area contributed by atoms with Crippen molar-refractivity contribution in [3.8, 4) is 0 Å². The van der Waals surface area contributed by atoms with Crippen LogP contribution in [0.15, 0.2) is 30.3 Å². The van der Waals surface area contributed by atoms with Crippen LogP contribution in [0.2, 0.25) is 0 Å². The molecular formula is C15H19N3O4. The average Bonchev–Trinajstić information content (AvgIpc) is 2.78. The van der Waals surface area contributed by atoms with Crippen molar-refractivity contribution in [2.75, 3.05) is 13.7 Å². The molecule has 2 atom stereocenters. The molecule has 0 aliphatic carbocycles. The first-order chi connectivity index (χ1) is 10.7. The van der Waals surface area contributed by atoms with Crippen molar-refractivity contribution in [3.05, 3.63) is 35.9 Å². The minimum atomic E-state index is -0.492. The fourth-order valence-corrected chi connectivity index (χ4v) is 2.96. The molecule has 2 bridgehead atoms. The van der Waals surface area contributed by atoms with Crippen LogP contribution in [0.3, 0.4) is 0 Å². The number of nitrogens with one attached hydrogen (secondary N) is 1. The van der Waals surface area contributed by atoms with E-state index >= 15 is 0 Å². The SMILES string of the molecule is CONC(=O)[C@@H]1CCC2CN1C(=O)N2OCc1ccccc1. The second-order valence-electron chi connectivity index (χ2n) is 5.44. The summed E-state index contributed by atoms with van der Waals surface area (Å²) in [7, 11) is 1.38. The van der Waals surface area contributed by atoms with Gasteiger partial charge >= 0.3 is 6.03 Å². The van der Waals surface area contributed by atoms with E-state index in [1.54, 1.807) is 4.90 Å². The van der Waals surface area contributed by atoms with Gasteiger partial charge in [-0.2, -0.15) is 5.06 Å². The third kappa shape index (κ3) is 2.77. The van der Waals surface area contributed by atoms with Gasteiger partial charge in [-0.05, 0) is 18.4 Å². The quantitative estimate of drug-likeness (QED) is 0.826. The van der Waals surface area contributed by atoms with Crippen molar-refractivity contribution >= 4 is 11.9 Å². The highest BCUT2D eigenvalue weighted by molar-refractivity contribution is 5.87. The van der Waals surface area contributed by atoms with E-state index in [2.05, 4.69) is 10.3 Å². The monoisotopic (exact) mass is 305 g/mol. The summed E-state index contributed by atoms with van der Waals surface area (Å²) in [5, 5.41) is 1.41. The molecule has 22 heavy (non-hydrogen) atoms. The van der Waals surface area contributed by atoms with Gasteiger partial charge in [-0.25, -0.2) is 10.3 Å². The molecule has 7 nitrogen and oxygen atoms in total. The lowest BCUT2D eigenvalue weighted by atomic mass is 10.0. The molecule has 7 heteroatoms. The fraction of sp³-hybridized carbons (Fsp3) is 0.467. The first-order valence-corrected chi connectivity index (χ1v) is 7.30. The maximum Gasteiger partial charge on any atom is 0.345 e. The molecule has 3 amide bonds. The highest BCUT2D eigenvalue weighted by Gasteiger charge is 2.47. The Morgan fingerprint density at radius 3 is 2.82 bits per heavy atom. The summed E-state index contributed by atoms with van der Waals surface area (Å²) in [4.78, 5) is 36.2. The number of amides is 3. The van der Waals surface area contributed by atoms with Crippen LogP contribution in [0.5, 0.6) is 0 Å². The van der Waals surface area contributed by atoms with Crippen LogP contribution >= 0.6 is 0 Å². The number of carbonyl (C=O) groups excluding carboxylic acids is 2. The van der Waals surface area contributed by atoms with Gasteiger partial charge in [0.2, 0.25) is 0 Å². The lowest BCUT2D eigenvalue weighted by Crippen LogP contribution is -2.49. The van der Waals surface area contributed by atoms with Crippen molar-refractivity contribution in [3.63, 3.8) is 0 Å². The first-order valence-electron chi connectivity index (χ1n) is 7.30. The first kappa shape index (κ1) is 14.8. The van der Waals surface area contributed by atoms with Crippen LogP contribution in [0.25, 0.3) is 0 Å². The van der Waals surface area contributed by atoms with Crippen LogP contribution in [-0.4, -0.2) is 47.6 Å². The Morgan fingerprint density at radius 2 is 2.09 bits per heavy atom. The average molecular weight is 305 g/mol. The number of fused-ring (bicyclic) bond motifs is 2. The largest absolute Gasteiger partial charge is 0.345 e. The van der Waals surface area contributed by atoms with Crippen molar-refractivity contribution < 1.29 is 19.3 Å². The predicted octanol–water partition coefficient (Wildman–Crippen LogP) is 1.06. The Kier molecular flexibility index (Phi) is 4.26. The predicted molar refractivity (Wildman–Crippen MR) is 77.1 cm³/mol. The maximum absolute atomic E-state index is 12.4. The molecule has 0 radical (unpaired) electrons. The zero-order valence-corrected chi connectivity index (χ0v) is 12.4. The summed E-state index contributed by atoms with van der Waals surface area (Å²) >= 11 is 0. The van der Waals surface area contributed by atoms with Gasteiger partial charge in [0.05, 0.1) is 13.2 Å². The molecule has 2 heterocycles. The van der Waals surface area contributed by atoms with E-state index < -0.39 is 6.04 Å². The normalized spacial score (nSPS) is 23.8. The number of urea groups is 1. The van der Waals surface area contributed by atoms with E-state index in [0.717, 1.165) is 12.0 Å². The molecule has 1 N–H and O–H groups in total. The number of hydrogen-bond acceptors (Lipinski definition) is 4. The molecule has 2 fully saturated rings. The topological polar surface area (TPSA) is 71.1 Å². The van der Waals surface area contributed by atoms with Gasteiger partial charge in [0.15, 0.2) is 0 Å². The molecule has 0 aromatic heterocycles. The number of carbonyl (C=O) groups is 2. The van der Waals surface area contributed by atoms with Crippen molar-refractivity contribution in [2.24, 2.45) is 0 Å². The van der Waals surface area contributed by atoms with Gasteiger partial charge in [0, 0.05) is 6.54 Å². The van der Waals surface area contributed by atoms with Crippen molar-refractivity contribution in [1.29, 1.82) is 0 Å². The van der Waals surface area contributed by atoms with Gasteiger partial charge in [-0.3, -0.25) is 14.5 Å². The fourth-order valence-electron chi connectivity index (χ4n) is 2.96. The third-order valence-electron chi connectivity index (χ3n) is 4.04. The van der Waals surface area contributed by atoms with E-state index in [-0.39, 0.29) is 18.0 Å². The number of hydrogen-bond donors (Lipinski definition) is 1. The van der Waals surface area contributed by atoms with E-state index in [0.29, 0.717) is 19.6 Å². The Bertz CT molecular complexity index is 551. The van der Waals surface area contributed by atoms with E-state index in [1.807, 2.05) is 30.3 Å². The summed E-state index contributed by atoms with van der Waals surface area (Å²) < 4.78 is 0. The molecule has 2 aliphatic heterocycles. The number of hydroxylamine groups is 3. The van der Waals surface area contributed by atoms with Crippen LogP contribution in [0.1, 0.15) is 18.4 Å². The number of benzene rings is 1. The molecule has 0 saturated carbocycles. The zero-order valence-electron chi connectivity index (χ0n) is 12.4. The molecule has 0 spiro atoms. The van der Waals surface area contributed by atoms with Crippen LogP contribution in [0, 0.1) is 0 Å². The van der Waals surface area contributed by atoms with Gasteiger partial charge in [-0.1, -0.05) is 30.3 Å². The highest BCUT2D eigenvalue weighted by atomic mass is 16.7. The Hall–Kier alpha value is -2.12. The smallest absolute Gasteiger partial charge is 0.309 e. The van der Waals surface area contributed by atoms with Crippen LogP contribution in [0.4, 0.5) is 4.79 Å². The summed E-state index contributed by atoms with van der Waals surface area (Å²) in [5.74, 6) is -0.292. The summed E-state index contributed by atoms with van der Waals surface area (Å²) in [6, 6.07) is 8.94. The molecular weight excluding hydrogens is 286 g/mol. The lowest BCUT2D eigenvalue weighted by Gasteiger charge is -2.28. The van der Waals surface area contributed by atoms with Crippen LogP contribution in [-0.2, 0) is 21.1 Å². The summed E-state index contributed by atoms with van der Waals surface area (Å²) in [6.07, 6.45) is 1.34. The number of nitrogens with zero attached hydrogens (tertiary/aromatic N) is 2. The third-order valence-corrected chi connectivity index (χ3v) is 4.04. The van der Waals surface area contributed by atoms with E-state index in [9.17, 15) is 9.59 Å². The molecule has 1 unspecified atom stereocenters. The van der Waals surface area contributed by atoms with Crippen molar-refractivity contribution in [2.45, 2.75) is 31.5 Å². The van der Waals surface area contributed by atoms with Crippen LogP contribution < -0.4 is 5.48 Å². The summed E-state index contributed by atoms with van der Waals surface area (Å²) in [6.45, 7) is 0.848.